The highest BCUT2D eigenvalue weighted by atomic mass is 32.2. The van der Waals surface area contributed by atoms with Gasteiger partial charge in [-0.1, -0.05) is 48.0 Å². The van der Waals surface area contributed by atoms with Crippen LogP contribution in [0.15, 0.2) is 72.0 Å². The van der Waals surface area contributed by atoms with Crippen molar-refractivity contribution in [1.82, 2.24) is 10.0 Å². The predicted molar refractivity (Wildman–Crippen MR) is 128 cm³/mol. The summed E-state index contributed by atoms with van der Waals surface area (Å²) in [7, 11) is -7.75. The van der Waals surface area contributed by atoms with Gasteiger partial charge in [0.05, 0.1) is 29.8 Å². The van der Waals surface area contributed by atoms with Crippen LogP contribution >= 0.6 is 0 Å². The molecule has 182 valence electrons. The van der Waals surface area contributed by atoms with Crippen molar-refractivity contribution in [3.05, 3.63) is 78.2 Å². The molecule has 0 aliphatic rings. The van der Waals surface area contributed by atoms with Crippen LogP contribution in [0.3, 0.4) is 0 Å². The lowest BCUT2D eigenvalue weighted by atomic mass is 10.0. The summed E-state index contributed by atoms with van der Waals surface area (Å²) in [6, 6.07) is 13.3. The average molecular weight is 497 g/mol. The molecular formula is C23H32N2O6S2. The minimum atomic E-state index is -4.09. The second kappa shape index (κ2) is 10.7. The number of sulfonamides is 1. The molecule has 0 aliphatic heterocycles. The van der Waals surface area contributed by atoms with E-state index in [0.717, 1.165) is 11.8 Å². The zero-order valence-corrected chi connectivity index (χ0v) is 21.2. The van der Waals surface area contributed by atoms with Crippen molar-refractivity contribution in [3.8, 4) is 0 Å². The maximum atomic E-state index is 12.8. The number of nitrogens with one attached hydrogen (secondary N) is 2. The Morgan fingerprint density at radius 3 is 2.09 bits per heavy atom. The molecule has 2 N–H and O–H groups in total. The van der Waals surface area contributed by atoms with Crippen molar-refractivity contribution in [3.63, 3.8) is 0 Å². The lowest BCUT2D eigenvalue weighted by Crippen LogP contribution is -2.47. The third-order valence-electron chi connectivity index (χ3n) is 4.39. The molecule has 0 heterocycles. The Kier molecular flexibility index (Phi) is 8.69. The van der Waals surface area contributed by atoms with Crippen molar-refractivity contribution < 1.29 is 25.8 Å². The van der Waals surface area contributed by atoms with E-state index in [1.165, 1.54) is 12.1 Å². The van der Waals surface area contributed by atoms with E-state index in [1.807, 2.05) is 27.7 Å². The molecule has 10 heteroatoms. The molecular weight excluding hydrogens is 464 g/mol. The Morgan fingerprint density at radius 2 is 1.58 bits per heavy atom. The van der Waals surface area contributed by atoms with Crippen LogP contribution in [-0.2, 0) is 29.1 Å². The number of hydrogen-bond acceptors (Lipinski definition) is 7. The molecule has 8 nitrogen and oxygen atoms in total. The second-order valence-corrected chi connectivity index (χ2v) is 12.1. The number of aryl methyl sites for hydroxylation is 1. The Morgan fingerprint density at radius 1 is 1.00 bits per heavy atom. The van der Waals surface area contributed by atoms with Crippen molar-refractivity contribution >= 4 is 20.1 Å². The van der Waals surface area contributed by atoms with Gasteiger partial charge in [-0.15, -0.1) is 0 Å². The molecule has 0 saturated carbocycles. The average Bonchev–Trinajstić information content (AvgIpc) is 2.68. The molecule has 0 fully saturated rings. The molecule has 0 spiro atoms. The minimum Gasteiger partial charge on any atom is -0.474 e. The first-order valence-corrected chi connectivity index (χ1v) is 13.6. The third-order valence-corrected chi connectivity index (χ3v) is 6.37. The minimum absolute atomic E-state index is 0.00366. The van der Waals surface area contributed by atoms with E-state index in [9.17, 15) is 16.8 Å². The van der Waals surface area contributed by atoms with Gasteiger partial charge in [0.15, 0.2) is 5.88 Å². The smallest absolute Gasteiger partial charge is 0.297 e. The lowest BCUT2D eigenvalue weighted by molar-refractivity contribution is 0.0348. The summed E-state index contributed by atoms with van der Waals surface area (Å²) in [5.74, 6) is 0.153. The molecule has 2 rings (SSSR count). The largest absolute Gasteiger partial charge is 0.474 e. The summed E-state index contributed by atoms with van der Waals surface area (Å²) < 4.78 is 63.4. The van der Waals surface area contributed by atoms with Crippen LogP contribution in [0.4, 0.5) is 0 Å². The van der Waals surface area contributed by atoms with Crippen molar-refractivity contribution in [2.75, 3.05) is 12.9 Å². The maximum Gasteiger partial charge on any atom is 0.297 e. The van der Waals surface area contributed by atoms with Crippen LogP contribution in [-0.4, -0.2) is 41.3 Å². The highest BCUT2D eigenvalue weighted by molar-refractivity contribution is 7.88. The zero-order valence-electron chi connectivity index (χ0n) is 19.5. The van der Waals surface area contributed by atoms with Gasteiger partial charge in [-0.25, -0.2) is 13.1 Å². The van der Waals surface area contributed by atoms with Gasteiger partial charge in [0.2, 0.25) is 10.0 Å². The SMILES string of the molecule is C=C(N[C@H](COS(=O)(=O)c1ccc(C)cc1)[C@@H](NS(C)(=O)=O)c1ccccc1)OC(C)(C)C. The molecule has 0 aliphatic carbocycles. The van der Waals surface area contributed by atoms with Crippen LogP contribution < -0.4 is 10.0 Å². The Hall–Kier alpha value is -2.40. The zero-order chi connectivity index (χ0) is 24.9. The molecule has 0 unspecified atom stereocenters. The quantitative estimate of drug-likeness (QED) is 0.363. The lowest BCUT2D eigenvalue weighted by Gasteiger charge is -2.32. The van der Waals surface area contributed by atoms with Gasteiger partial charge in [0, 0.05) is 0 Å². The van der Waals surface area contributed by atoms with E-state index >= 15 is 0 Å². The number of rotatable bonds is 11. The van der Waals surface area contributed by atoms with Gasteiger partial charge in [-0.05, 0) is 52.0 Å². The Balaban J connectivity index is 2.38. The third kappa shape index (κ3) is 9.17. The molecule has 2 atom stereocenters. The number of hydrogen-bond donors (Lipinski definition) is 2. The van der Waals surface area contributed by atoms with Gasteiger partial charge in [-0.2, -0.15) is 8.42 Å². The molecule has 2 aromatic rings. The monoisotopic (exact) mass is 496 g/mol. The summed E-state index contributed by atoms with van der Waals surface area (Å²) in [6.07, 6.45) is 1.03. The fourth-order valence-corrected chi connectivity index (χ4v) is 4.73. The Labute approximate surface area is 197 Å². The summed E-state index contributed by atoms with van der Waals surface area (Å²) >= 11 is 0. The first kappa shape index (κ1) is 26.8. The molecule has 0 saturated heterocycles. The topological polar surface area (TPSA) is 111 Å². The molecule has 0 amide bonds. The summed E-state index contributed by atoms with van der Waals surface area (Å²) in [4.78, 5) is 0.00366. The van der Waals surface area contributed by atoms with E-state index in [2.05, 4.69) is 16.6 Å². The standard InChI is InChI=1S/C23H32N2O6S2/c1-17-12-14-20(15-13-17)33(28,29)30-16-21(24-18(2)31-23(3,4)5)22(25-32(6,26)27)19-10-8-7-9-11-19/h7-15,21-22,24-25H,2,16H2,1,3-6H3/t21-,22+/m1/s1. The first-order valence-electron chi connectivity index (χ1n) is 10.3. The molecule has 0 bridgehead atoms. The van der Waals surface area contributed by atoms with Gasteiger partial charge in [-0.3, -0.25) is 4.18 Å². The van der Waals surface area contributed by atoms with Crippen LogP contribution in [0.25, 0.3) is 0 Å². The van der Waals surface area contributed by atoms with Crippen molar-refractivity contribution in [1.29, 1.82) is 0 Å². The highest BCUT2D eigenvalue weighted by Crippen LogP contribution is 2.22. The summed E-state index contributed by atoms with van der Waals surface area (Å²) in [6.45, 7) is 10.8. The second-order valence-electron chi connectivity index (χ2n) is 8.72. The normalized spacial score (nSPS) is 14.3. The van der Waals surface area contributed by atoms with E-state index in [0.29, 0.717) is 5.56 Å². The van der Waals surface area contributed by atoms with Gasteiger partial charge in [0.25, 0.3) is 10.1 Å². The van der Waals surface area contributed by atoms with Gasteiger partial charge < -0.3 is 10.1 Å². The molecule has 33 heavy (non-hydrogen) atoms. The fraction of sp³-hybridized carbons (Fsp3) is 0.391. The van der Waals surface area contributed by atoms with Crippen LogP contribution in [0.1, 0.15) is 37.9 Å². The van der Waals surface area contributed by atoms with Crippen molar-refractivity contribution in [2.24, 2.45) is 0 Å². The molecule has 0 radical (unpaired) electrons. The van der Waals surface area contributed by atoms with Crippen LogP contribution in [0.5, 0.6) is 0 Å². The Bertz CT molecular complexity index is 1140. The summed E-state index contributed by atoms with van der Waals surface area (Å²) in [5, 5.41) is 2.99. The molecule has 2 aromatic carbocycles. The van der Waals surface area contributed by atoms with Gasteiger partial charge >= 0.3 is 0 Å². The number of benzene rings is 2. The fourth-order valence-electron chi connectivity index (χ4n) is 3.04. The first-order chi connectivity index (χ1) is 15.2. The van der Waals surface area contributed by atoms with Crippen LogP contribution in [0.2, 0.25) is 0 Å². The van der Waals surface area contributed by atoms with Crippen molar-refractivity contribution in [2.45, 2.75) is 50.3 Å². The maximum absolute atomic E-state index is 12.8. The van der Waals surface area contributed by atoms with Gasteiger partial charge in [0.1, 0.15) is 5.60 Å². The van der Waals surface area contributed by atoms with E-state index < -0.39 is 37.8 Å². The van der Waals surface area contributed by atoms with Crippen LogP contribution in [0, 0.1) is 6.92 Å². The molecule has 0 aromatic heterocycles. The summed E-state index contributed by atoms with van der Waals surface area (Å²) in [5.41, 5.74) is 0.946. The predicted octanol–water partition coefficient (Wildman–Crippen LogP) is 3.24. The number of ether oxygens (including phenoxy) is 1. The van der Waals surface area contributed by atoms with E-state index in [-0.39, 0.29) is 17.4 Å². The highest BCUT2D eigenvalue weighted by Gasteiger charge is 2.30. The van der Waals surface area contributed by atoms with E-state index in [1.54, 1.807) is 42.5 Å². The van der Waals surface area contributed by atoms with E-state index in [4.69, 9.17) is 8.92 Å².